The van der Waals surface area contributed by atoms with Gasteiger partial charge in [0.2, 0.25) is 0 Å². The summed E-state index contributed by atoms with van der Waals surface area (Å²) >= 11 is 0.866. The molecule has 0 bridgehead atoms. The predicted octanol–water partition coefficient (Wildman–Crippen LogP) is 3.17. The summed E-state index contributed by atoms with van der Waals surface area (Å²) in [6.07, 6.45) is 0. The Morgan fingerprint density at radius 3 is 2.78 bits per heavy atom. The Hall–Kier alpha value is -2.02. The van der Waals surface area contributed by atoms with Crippen LogP contribution in [0.1, 0.15) is 15.4 Å². The molecule has 1 aromatic heterocycles. The number of aromatic nitrogens is 1. The zero-order chi connectivity index (χ0) is 13.3. The average Bonchev–Trinajstić information content (AvgIpc) is 2.66. The number of aryl methyl sites for hydroxylation is 1. The maximum Gasteiger partial charge on any atom is 0.347 e. The van der Waals surface area contributed by atoms with Crippen LogP contribution in [0, 0.1) is 18.6 Å². The Labute approximate surface area is 105 Å². The van der Waals surface area contributed by atoms with Gasteiger partial charge in [-0.25, -0.2) is 18.6 Å². The second-order valence-corrected chi connectivity index (χ2v) is 4.46. The molecular weight excluding hydrogens is 262 g/mol. The summed E-state index contributed by atoms with van der Waals surface area (Å²) in [5.74, 6) is -3.10. The fraction of sp³-hybridized carbons (Fsp3) is 0.0909. The quantitative estimate of drug-likeness (QED) is 0.899. The third-order valence-electron chi connectivity index (χ3n) is 2.18. The lowest BCUT2D eigenvalue weighted by Crippen LogP contribution is -1.95. The minimum absolute atomic E-state index is 0.0642. The molecule has 0 saturated carbocycles. The van der Waals surface area contributed by atoms with Crippen LogP contribution < -0.4 is 5.32 Å². The summed E-state index contributed by atoms with van der Waals surface area (Å²) < 4.78 is 26.3. The van der Waals surface area contributed by atoms with Crippen molar-refractivity contribution in [2.75, 3.05) is 5.32 Å². The first kappa shape index (κ1) is 12.4. The Morgan fingerprint density at radius 1 is 1.44 bits per heavy atom. The summed E-state index contributed by atoms with van der Waals surface area (Å²) in [5, 5.41) is 11.6. The minimum Gasteiger partial charge on any atom is -0.477 e. The van der Waals surface area contributed by atoms with Crippen LogP contribution >= 0.6 is 11.3 Å². The highest BCUT2D eigenvalue weighted by molar-refractivity contribution is 7.17. The van der Waals surface area contributed by atoms with Gasteiger partial charge in [0.05, 0.1) is 11.4 Å². The second-order valence-electron chi connectivity index (χ2n) is 3.47. The first-order chi connectivity index (χ1) is 8.49. The Kier molecular flexibility index (Phi) is 3.24. The van der Waals surface area contributed by atoms with Crippen molar-refractivity contribution in [3.8, 4) is 0 Å². The second kappa shape index (κ2) is 4.69. The van der Waals surface area contributed by atoms with Crippen LogP contribution in [0.4, 0.5) is 19.6 Å². The lowest BCUT2D eigenvalue weighted by atomic mass is 10.3. The fourth-order valence-electron chi connectivity index (χ4n) is 1.36. The van der Waals surface area contributed by atoms with Crippen LogP contribution in [0.15, 0.2) is 18.2 Å². The van der Waals surface area contributed by atoms with Gasteiger partial charge in [0.25, 0.3) is 0 Å². The maximum absolute atomic E-state index is 13.4. The average molecular weight is 270 g/mol. The SMILES string of the molecule is Cc1nc(Nc2cccc(F)c2F)sc1C(=O)O. The van der Waals surface area contributed by atoms with Gasteiger partial charge in [-0.05, 0) is 19.1 Å². The molecule has 0 spiro atoms. The number of rotatable bonds is 3. The highest BCUT2D eigenvalue weighted by Gasteiger charge is 2.15. The van der Waals surface area contributed by atoms with Gasteiger partial charge in [-0.2, -0.15) is 0 Å². The van der Waals surface area contributed by atoms with Gasteiger partial charge < -0.3 is 10.4 Å². The maximum atomic E-state index is 13.4. The van der Waals surface area contributed by atoms with E-state index in [0.717, 1.165) is 17.4 Å². The smallest absolute Gasteiger partial charge is 0.347 e. The molecule has 94 valence electrons. The molecule has 1 heterocycles. The van der Waals surface area contributed by atoms with E-state index in [4.69, 9.17) is 5.11 Å². The molecular formula is C11H8F2N2O2S. The number of carbonyl (C=O) groups is 1. The number of carboxylic acid groups (broad SMARTS) is 1. The van der Waals surface area contributed by atoms with Gasteiger partial charge in [0.15, 0.2) is 16.8 Å². The van der Waals surface area contributed by atoms with Gasteiger partial charge in [-0.1, -0.05) is 17.4 Å². The molecule has 4 nitrogen and oxygen atoms in total. The minimum atomic E-state index is -1.10. The third-order valence-corrected chi connectivity index (χ3v) is 3.24. The summed E-state index contributed by atoms with van der Waals surface area (Å²) in [6, 6.07) is 3.69. The molecule has 0 saturated heterocycles. The van der Waals surface area contributed by atoms with Crippen molar-refractivity contribution in [2.45, 2.75) is 6.92 Å². The first-order valence-electron chi connectivity index (χ1n) is 4.91. The fourth-order valence-corrected chi connectivity index (χ4v) is 2.18. The molecule has 2 aromatic rings. The molecule has 0 unspecified atom stereocenters. The molecule has 0 aliphatic heterocycles. The van der Waals surface area contributed by atoms with Gasteiger partial charge in [0.1, 0.15) is 4.88 Å². The number of thiazole rings is 1. The van der Waals surface area contributed by atoms with Crippen molar-refractivity contribution in [1.29, 1.82) is 0 Å². The van der Waals surface area contributed by atoms with Crippen LogP contribution in [0.3, 0.4) is 0 Å². The normalized spacial score (nSPS) is 10.4. The molecule has 0 radical (unpaired) electrons. The summed E-state index contributed by atoms with van der Waals surface area (Å²) in [7, 11) is 0. The molecule has 0 aliphatic carbocycles. The zero-order valence-corrected chi connectivity index (χ0v) is 10.0. The van der Waals surface area contributed by atoms with E-state index in [9.17, 15) is 13.6 Å². The number of hydrogen-bond acceptors (Lipinski definition) is 4. The van der Waals surface area contributed by atoms with E-state index in [2.05, 4.69) is 10.3 Å². The van der Waals surface area contributed by atoms with Crippen molar-refractivity contribution in [2.24, 2.45) is 0 Å². The zero-order valence-electron chi connectivity index (χ0n) is 9.20. The molecule has 18 heavy (non-hydrogen) atoms. The Balaban J connectivity index is 2.32. The summed E-state index contributed by atoms with van der Waals surface area (Å²) in [5.41, 5.74) is 0.243. The lowest BCUT2D eigenvalue weighted by Gasteiger charge is -2.03. The van der Waals surface area contributed by atoms with Crippen LogP contribution in [0.2, 0.25) is 0 Å². The third kappa shape index (κ3) is 2.30. The van der Waals surface area contributed by atoms with E-state index in [0.29, 0.717) is 5.69 Å². The van der Waals surface area contributed by atoms with Crippen LogP contribution in [-0.4, -0.2) is 16.1 Å². The predicted molar refractivity (Wildman–Crippen MR) is 63.5 cm³/mol. The number of aromatic carboxylic acids is 1. The molecule has 7 heteroatoms. The van der Waals surface area contributed by atoms with Crippen LogP contribution in [-0.2, 0) is 0 Å². The van der Waals surface area contributed by atoms with E-state index < -0.39 is 17.6 Å². The standard InChI is InChI=1S/C11H8F2N2O2S/c1-5-9(10(16)17)18-11(14-5)15-7-4-2-3-6(12)8(7)13/h2-4H,1H3,(H,14,15)(H,16,17). The van der Waals surface area contributed by atoms with E-state index in [1.54, 1.807) is 0 Å². The van der Waals surface area contributed by atoms with Crippen molar-refractivity contribution in [3.05, 3.63) is 40.4 Å². The van der Waals surface area contributed by atoms with Crippen molar-refractivity contribution in [3.63, 3.8) is 0 Å². The molecule has 0 atom stereocenters. The number of nitrogens with zero attached hydrogens (tertiary/aromatic N) is 1. The number of nitrogens with one attached hydrogen (secondary N) is 1. The number of hydrogen-bond donors (Lipinski definition) is 2. The first-order valence-corrected chi connectivity index (χ1v) is 5.72. The van der Waals surface area contributed by atoms with Crippen molar-refractivity contribution >= 4 is 28.1 Å². The van der Waals surface area contributed by atoms with Crippen LogP contribution in [0.25, 0.3) is 0 Å². The number of anilines is 2. The Bertz CT molecular complexity index is 613. The number of carboxylic acids is 1. The highest BCUT2D eigenvalue weighted by Crippen LogP contribution is 2.27. The van der Waals surface area contributed by atoms with E-state index in [1.165, 1.54) is 19.1 Å². The molecule has 2 rings (SSSR count). The molecule has 0 fully saturated rings. The molecule has 0 amide bonds. The Morgan fingerprint density at radius 2 is 2.17 bits per heavy atom. The number of benzene rings is 1. The van der Waals surface area contributed by atoms with E-state index in [-0.39, 0.29) is 15.7 Å². The largest absolute Gasteiger partial charge is 0.477 e. The lowest BCUT2D eigenvalue weighted by molar-refractivity contribution is 0.0701. The van der Waals surface area contributed by atoms with Crippen LogP contribution in [0.5, 0.6) is 0 Å². The van der Waals surface area contributed by atoms with Crippen molar-refractivity contribution in [1.82, 2.24) is 4.98 Å². The van der Waals surface area contributed by atoms with E-state index >= 15 is 0 Å². The van der Waals surface area contributed by atoms with Gasteiger partial charge in [-0.3, -0.25) is 0 Å². The molecule has 2 N–H and O–H groups in total. The monoisotopic (exact) mass is 270 g/mol. The van der Waals surface area contributed by atoms with Crippen molar-refractivity contribution < 1.29 is 18.7 Å². The summed E-state index contributed by atoms with van der Waals surface area (Å²) in [4.78, 5) is 14.8. The van der Waals surface area contributed by atoms with Gasteiger partial charge in [0, 0.05) is 0 Å². The molecule has 1 aromatic carbocycles. The summed E-state index contributed by atoms with van der Waals surface area (Å²) in [6.45, 7) is 1.53. The number of halogens is 2. The van der Waals surface area contributed by atoms with E-state index in [1.807, 2.05) is 0 Å². The van der Waals surface area contributed by atoms with Gasteiger partial charge >= 0.3 is 5.97 Å². The highest BCUT2D eigenvalue weighted by atomic mass is 32.1. The molecule has 0 aliphatic rings. The van der Waals surface area contributed by atoms with Gasteiger partial charge in [-0.15, -0.1) is 0 Å². The topological polar surface area (TPSA) is 62.2 Å².